The molecule has 8 N–H and O–H groups in total. The van der Waals surface area contributed by atoms with Crippen LogP contribution in [0.3, 0.4) is 0 Å². The number of carbonyl (C=O) groups is 5. The predicted molar refractivity (Wildman–Crippen MR) is 135 cm³/mol. The van der Waals surface area contributed by atoms with E-state index in [-0.39, 0.29) is 6.42 Å². The number of fused-ring (bicyclic) bond motifs is 1. The lowest BCUT2D eigenvalue weighted by Crippen LogP contribution is -2.62. The second kappa shape index (κ2) is 12.3. The van der Waals surface area contributed by atoms with Crippen LogP contribution in [0.4, 0.5) is 0 Å². The van der Waals surface area contributed by atoms with E-state index in [0.717, 1.165) is 16.5 Å². The molecular formula is C25H35N5O7. The summed E-state index contributed by atoms with van der Waals surface area (Å²) >= 11 is 0. The van der Waals surface area contributed by atoms with E-state index in [2.05, 4.69) is 20.9 Å². The van der Waals surface area contributed by atoms with Crippen LogP contribution >= 0.6 is 0 Å². The highest BCUT2D eigenvalue weighted by Crippen LogP contribution is 2.21. The third-order valence-corrected chi connectivity index (χ3v) is 5.61. The number of hydrogen-bond donors (Lipinski definition) is 7. The zero-order valence-corrected chi connectivity index (χ0v) is 21.3. The number of carboxylic acids is 1. The SMILES string of the molecule is CC(Cc1c[nH]c2ccccc12)C(=O)NC(CCC(=O)O)C(=O)NC(C(=O)NC(C)(C)C)C(O)C(N)=O. The van der Waals surface area contributed by atoms with Crippen LogP contribution < -0.4 is 21.7 Å². The van der Waals surface area contributed by atoms with Crippen LogP contribution in [0.15, 0.2) is 30.5 Å². The molecule has 4 unspecified atom stereocenters. The standard InChI is InChI=1S/C25H35N5O7/c1-13(11-14-12-27-16-8-6-5-7-15(14)16)22(35)28-17(9-10-18(31)32)23(36)29-19(20(33)21(26)34)24(37)30-25(2,3)4/h5-8,12-13,17,19-20,27,33H,9-11H2,1-4H3,(H2,26,34)(H,28,35)(H,29,36)(H,30,37)(H,31,32). The first-order chi connectivity index (χ1) is 17.2. The molecule has 0 aliphatic carbocycles. The van der Waals surface area contributed by atoms with Crippen molar-refractivity contribution >= 4 is 40.5 Å². The van der Waals surface area contributed by atoms with Gasteiger partial charge in [0.2, 0.25) is 23.6 Å². The van der Waals surface area contributed by atoms with E-state index in [0.29, 0.717) is 6.42 Å². The van der Waals surface area contributed by atoms with Crippen molar-refractivity contribution in [3.63, 3.8) is 0 Å². The lowest BCUT2D eigenvalue weighted by atomic mass is 9.99. The second-order valence-corrected chi connectivity index (χ2v) is 10.0. The topological polar surface area (TPSA) is 204 Å². The highest BCUT2D eigenvalue weighted by molar-refractivity contribution is 5.96. The van der Waals surface area contributed by atoms with Gasteiger partial charge < -0.3 is 36.9 Å². The van der Waals surface area contributed by atoms with Crippen LogP contribution in [-0.4, -0.2) is 68.5 Å². The van der Waals surface area contributed by atoms with Crippen molar-refractivity contribution in [1.29, 1.82) is 0 Å². The number of H-pyrrole nitrogens is 1. The maximum atomic E-state index is 13.0. The Kier molecular flexibility index (Phi) is 9.78. The molecule has 37 heavy (non-hydrogen) atoms. The Morgan fingerprint density at radius 3 is 2.27 bits per heavy atom. The molecular weight excluding hydrogens is 482 g/mol. The van der Waals surface area contributed by atoms with Gasteiger partial charge in [-0.05, 0) is 45.2 Å². The summed E-state index contributed by atoms with van der Waals surface area (Å²) in [5, 5.41) is 27.6. The van der Waals surface area contributed by atoms with Gasteiger partial charge in [-0.25, -0.2) is 0 Å². The van der Waals surface area contributed by atoms with E-state index in [9.17, 15) is 29.1 Å². The molecule has 0 aliphatic rings. The van der Waals surface area contributed by atoms with Gasteiger partial charge in [-0.15, -0.1) is 0 Å². The maximum Gasteiger partial charge on any atom is 0.303 e. The Morgan fingerprint density at radius 1 is 1.03 bits per heavy atom. The third kappa shape index (κ3) is 8.60. The number of aliphatic carboxylic acids is 1. The van der Waals surface area contributed by atoms with Crippen molar-refractivity contribution in [2.75, 3.05) is 0 Å². The molecule has 4 atom stereocenters. The molecule has 0 aliphatic heterocycles. The largest absolute Gasteiger partial charge is 0.481 e. The number of amides is 4. The zero-order valence-electron chi connectivity index (χ0n) is 21.3. The van der Waals surface area contributed by atoms with Crippen molar-refractivity contribution in [1.82, 2.24) is 20.9 Å². The van der Waals surface area contributed by atoms with E-state index < -0.39 is 65.7 Å². The minimum atomic E-state index is -2.05. The molecule has 202 valence electrons. The number of aliphatic hydroxyl groups excluding tert-OH is 1. The van der Waals surface area contributed by atoms with Crippen LogP contribution in [0.25, 0.3) is 10.9 Å². The van der Waals surface area contributed by atoms with Gasteiger partial charge in [0, 0.05) is 35.0 Å². The average molecular weight is 518 g/mol. The van der Waals surface area contributed by atoms with Crippen molar-refractivity contribution < 1.29 is 34.2 Å². The number of aromatic nitrogens is 1. The van der Waals surface area contributed by atoms with Gasteiger partial charge in [0.1, 0.15) is 12.1 Å². The van der Waals surface area contributed by atoms with Crippen molar-refractivity contribution in [2.45, 2.75) is 70.7 Å². The number of para-hydroxylation sites is 1. The van der Waals surface area contributed by atoms with Gasteiger partial charge >= 0.3 is 5.97 Å². The Labute approximate surface area is 214 Å². The van der Waals surface area contributed by atoms with E-state index in [1.807, 2.05) is 24.3 Å². The van der Waals surface area contributed by atoms with Crippen LogP contribution in [0.5, 0.6) is 0 Å². The number of hydrogen-bond acceptors (Lipinski definition) is 6. The molecule has 1 aromatic carbocycles. The quantitative estimate of drug-likeness (QED) is 0.204. The van der Waals surface area contributed by atoms with Gasteiger partial charge in [-0.1, -0.05) is 25.1 Å². The molecule has 2 rings (SSSR count). The van der Waals surface area contributed by atoms with E-state index in [4.69, 9.17) is 10.8 Å². The molecule has 2 aromatic rings. The Bertz CT molecular complexity index is 1150. The molecule has 12 nitrogen and oxygen atoms in total. The zero-order chi connectivity index (χ0) is 27.9. The fourth-order valence-corrected chi connectivity index (χ4v) is 3.73. The Morgan fingerprint density at radius 2 is 1.68 bits per heavy atom. The van der Waals surface area contributed by atoms with Gasteiger partial charge in [-0.2, -0.15) is 0 Å². The van der Waals surface area contributed by atoms with Gasteiger partial charge in [0.05, 0.1) is 0 Å². The van der Waals surface area contributed by atoms with E-state index >= 15 is 0 Å². The van der Waals surface area contributed by atoms with Crippen molar-refractivity contribution in [3.8, 4) is 0 Å². The molecule has 0 bridgehead atoms. The fraction of sp³-hybridized carbons (Fsp3) is 0.480. The number of primary amides is 1. The highest BCUT2D eigenvalue weighted by atomic mass is 16.4. The summed E-state index contributed by atoms with van der Waals surface area (Å²) in [6.45, 7) is 6.64. The smallest absolute Gasteiger partial charge is 0.303 e. The molecule has 1 heterocycles. The molecule has 0 radical (unpaired) electrons. The van der Waals surface area contributed by atoms with Crippen LogP contribution in [-0.2, 0) is 30.4 Å². The van der Waals surface area contributed by atoms with Gasteiger partial charge in [0.15, 0.2) is 6.10 Å². The summed E-state index contributed by atoms with van der Waals surface area (Å²) in [6.07, 6.45) is -0.644. The van der Waals surface area contributed by atoms with Crippen molar-refractivity contribution in [2.24, 2.45) is 11.7 Å². The van der Waals surface area contributed by atoms with E-state index in [1.165, 1.54) is 0 Å². The fourth-order valence-electron chi connectivity index (χ4n) is 3.73. The number of benzene rings is 1. The Balaban J connectivity index is 2.18. The van der Waals surface area contributed by atoms with Gasteiger partial charge in [-0.3, -0.25) is 24.0 Å². The average Bonchev–Trinajstić information content (AvgIpc) is 3.20. The normalized spacial score (nSPS) is 14.7. The summed E-state index contributed by atoms with van der Waals surface area (Å²) in [7, 11) is 0. The number of nitrogens with two attached hydrogens (primary N) is 1. The predicted octanol–water partition coefficient (Wildman–Crippen LogP) is -0.0582. The third-order valence-electron chi connectivity index (χ3n) is 5.61. The number of carboxylic acid groups (broad SMARTS) is 1. The first-order valence-electron chi connectivity index (χ1n) is 11.9. The summed E-state index contributed by atoms with van der Waals surface area (Å²) in [4.78, 5) is 64.5. The first kappa shape index (κ1) is 29.3. The minimum absolute atomic E-state index is 0.285. The Hall–Kier alpha value is -3.93. The molecule has 0 saturated heterocycles. The van der Waals surface area contributed by atoms with Crippen LogP contribution in [0, 0.1) is 5.92 Å². The molecule has 12 heteroatoms. The first-order valence-corrected chi connectivity index (χ1v) is 11.9. The minimum Gasteiger partial charge on any atom is -0.481 e. The number of rotatable bonds is 12. The molecule has 0 spiro atoms. The highest BCUT2D eigenvalue weighted by Gasteiger charge is 2.36. The molecule has 0 saturated carbocycles. The maximum absolute atomic E-state index is 13.0. The summed E-state index contributed by atoms with van der Waals surface area (Å²) in [5.74, 6) is -5.35. The van der Waals surface area contributed by atoms with E-state index in [1.54, 1.807) is 33.9 Å². The summed E-state index contributed by atoms with van der Waals surface area (Å²) in [5.41, 5.74) is 6.19. The van der Waals surface area contributed by atoms with Crippen LogP contribution in [0.2, 0.25) is 0 Å². The van der Waals surface area contributed by atoms with Crippen LogP contribution in [0.1, 0.15) is 46.1 Å². The van der Waals surface area contributed by atoms with Crippen molar-refractivity contribution in [3.05, 3.63) is 36.0 Å². The lowest BCUT2D eigenvalue weighted by molar-refractivity contribution is -0.140. The summed E-state index contributed by atoms with van der Waals surface area (Å²) in [6, 6.07) is 4.48. The lowest BCUT2D eigenvalue weighted by Gasteiger charge is -2.28. The number of aliphatic hydroxyl groups is 1. The number of aromatic amines is 1. The number of nitrogens with one attached hydrogen (secondary N) is 4. The molecule has 0 fully saturated rings. The summed E-state index contributed by atoms with van der Waals surface area (Å²) < 4.78 is 0. The number of carbonyl (C=O) groups excluding carboxylic acids is 4. The second-order valence-electron chi connectivity index (χ2n) is 10.0. The molecule has 1 aromatic heterocycles. The van der Waals surface area contributed by atoms with Gasteiger partial charge in [0.25, 0.3) is 0 Å². The molecule has 4 amide bonds. The monoisotopic (exact) mass is 517 g/mol.